The van der Waals surface area contributed by atoms with Crippen molar-refractivity contribution < 1.29 is 19.1 Å². The fourth-order valence-corrected chi connectivity index (χ4v) is 7.34. The highest BCUT2D eigenvalue weighted by Crippen LogP contribution is 2.25. The Morgan fingerprint density at radius 2 is 0.800 bits per heavy atom. The summed E-state index contributed by atoms with van der Waals surface area (Å²) in [7, 11) is 0. The number of ether oxygens (including phenoxy) is 1. The van der Waals surface area contributed by atoms with E-state index in [9.17, 15) is 14.4 Å². The summed E-state index contributed by atoms with van der Waals surface area (Å²) < 4.78 is 5.51. The van der Waals surface area contributed by atoms with Crippen molar-refractivity contribution in [2.45, 2.75) is 219 Å². The molecule has 2 rings (SSSR count). The van der Waals surface area contributed by atoms with Crippen molar-refractivity contribution in [2.24, 2.45) is 0 Å². The highest BCUT2D eigenvalue weighted by Gasteiger charge is 2.35. The summed E-state index contributed by atoms with van der Waals surface area (Å²) in [6, 6.07) is 4.80. The molecule has 1 aromatic carbocycles. The number of hydrogen-bond donors (Lipinski definition) is 0. The smallest absolute Gasteiger partial charge is 0.338 e. The van der Waals surface area contributed by atoms with Crippen LogP contribution in [0.25, 0.3) is 0 Å². The molecule has 1 aromatic rings. The number of nitrogens with zero attached hydrogens (tertiary/aromatic N) is 1. The van der Waals surface area contributed by atoms with E-state index in [2.05, 4.69) is 13.8 Å². The Balaban J connectivity index is 1.46. The molecule has 2 amide bonds. The van der Waals surface area contributed by atoms with E-state index in [1.807, 2.05) is 0 Å². The van der Waals surface area contributed by atoms with E-state index in [0.717, 1.165) is 32.1 Å². The van der Waals surface area contributed by atoms with Gasteiger partial charge < -0.3 is 4.74 Å². The van der Waals surface area contributed by atoms with Gasteiger partial charge >= 0.3 is 5.97 Å². The molecule has 0 N–H and O–H groups in total. The van der Waals surface area contributed by atoms with Gasteiger partial charge in [0.2, 0.25) is 0 Å². The molecule has 0 radical (unpaired) electrons. The minimum Gasteiger partial charge on any atom is -0.462 e. The van der Waals surface area contributed by atoms with Crippen LogP contribution in [0.4, 0.5) is 0 Å². The fourth-order valence-electron chi connectivity index (χ4n) is 7.34. The van der Waals surface area contributed by atoms with Gasteiger partial charge in [0, 0.05) is 6.54 Å². The highest BCUT2D eigenvalue weighted by atomic mass is 16.5. The quantitative estimate of drug-likeness (QED) is 0.0403. The van der Waals surface area contributed by atoms with Crippen molar-refractivity contribution in [3.05, 3.63) is 34.9 Å². The molecule has 1 aliphatic heterocycles. The maximum absolute atomic E-state index is 13.1. The Morgan fingerprint density at radius 1 is 0.460 bits per heavy atom. The average molecular weight is 696 g/mol. The zero-order chi connectivity index (χ0) is 35.9. The second-order valence-corrected chi connectivity index (χ2v) is 15.3. The first-order chi connectivity index (χ1) is 24.6. The Bertz CT molecular complexity index is 1020. The number of carbonyl (C=O) groups excluding carboxylic acids is 3. The summed E-state index contributed by atoms with van der Waals surface area (Å²) >= 11 is 0. The van der Waals surface area contributed by atoms with Crippen LogP contribution in [0.15, 0.2) is 18.2 Å². The van der Waals surface area contributed by atoms with Crippen molar-refractivity contribution >= 4 is 17.8 Å². The molecule has 0 bridgehead atoms. The Morgan fingerprint density at radius 3 is 1.20 bits per heavy atom. The normalized spacial score (nSPS) is 12.6. The van der Waals surface area contributed by atoms with E-state index in [4.69, 9.17) is 4.74 Å². The van der Waals surface area contributed by atoms with Crippen LogP contribution < -0.4 is 0 Å². The number of unbranched alkanes of at least 4 members (excludes halogenated alkanes) is 30. The molecule has 50 heavy (non-hydrogen) atoms. The molecule has 0 fully saturated rings. The zero-order valence-corrected chi connectivity index (χ0v) is 32.9. The molecule has 0 saturated heterocycles. The third-order valence-corrected chi connectivity index (χ3v) is 10.7. The van der Waals surface area contributed by atoms with Crippen LogP contribution in [0.3, 0.4) is 0 Å². The van der Waals surface area contributed by atoms with Crippen LogP contribution in [-0.4, -0.2) is 35.8 Å². The SMILES string of the molecule is CCCCCCCCCCCCCCCCCCOC(=O)c1ccc2c(c1)C(=O)N(CCCCCCCCCCCCCCCCCC)C2=O. The summed E-state index contributed by atoms with van der Waals surface area (Å²) in [6.45, 7) is 5.39. The maximum atomic E-state index is 13.1. The monoisotopic (exact) mass is 696 g/mol. The number of imide groups is 1. The molecule has 0 spiro atoms. The van der Waals surface area contributed by atoms with Gasteiger partial charge in [-0.25, -0.2) is 4.79 Å². The highest BCUT2D eigenvalue weighted by molar-refractivity contribution is 6.21. The minimum absolute atomic E-state index is 0.237. The van der Waals surface area contributed by atoms with Crippen LogP contribution >= 0.6 is 0 Å². The lowest BCUT2D eigenvalue weighted by Crippen LogP contribution is -2.30. The molecular formula is C45H77NO4. The maximum Gasteiger partial charge on any atom is 0.338 e. The van der Waals surface area contributed by atoms with Crippen molar-refractivity contribution in [3.63, 3.8) is 0 Å². The molecule has 0 aliphatic carbocycles. The van der Waals surface area contributed by atoms with Crippen molar-refractivity contribution in [1.29, 1.82) is 0 Å². The van der Waals surface area contributed by atoms with Crippen LogP contribution in [0.2, 0.25) is 0 Å². The van der Waals surface area contributed by atoms with E-state index in [-0.39, 0.29) is 11.8 Å². The zero-order valence-electron chi connectivity index (χ0n) is 32.9. The van der Waals surface area contributed by atoms with Gasteiger partial charge in [-0.05, 0) is 31.0 Å². The van der Waals surface area contributed by atoms with Crippen LogP contribution in [0, 0.1) is 0 Å². The van der Waals surface area contributed by atoms with Crippen molar-refractivity contribution in [3.8, 4) is 0 Å². The minimum atomic E-state index is -0.412. The number of benzene rings is 1. The Labute approximate surface area is 308 Å². The topological polar surface area (TPSA) is 63.7 Å². The predicted molar refractivity (Wildman–Crippen MR) is 211 cm³/mol. The third kappa shape index (κ3) is 20.0. The van der Waals surface area contributed by atoms with Gasteiger partial charge in [-0.3, -0.25) is 14.5 Å². The summed E-state index contributed by atoms with van der Waals surface area (Å²) in [5.41, 5.74) is 1.09. The first kappa shape index (κ1) is 44.0. The van der Waals surface area contributed by atoms with Gasteiger partial charge in [-0.15, -0.1) is 0 Å². The van der Waals surface area contributed by atoms with E-state index in [1.165, 1.54) is 178 Å². The largest absolute Gasteiger partial charge is 0.462 e. The summed E-state index contributed by atoms with van der Waals surface area (Å²) in [5.74, 6) is -0.928. The fraction of sp³-hybridized carbons (Fsp3) is 0.800. The van der Waals surface area contributed by atoms with Gasteiger partial charge in [-0.1, -0.05) is 206 Å². The Hall–Kier alpha value is -2.17. The first-order valence-electron chi connectivity index (χ1n) is 21.8. The molecule has 286 valence electrons. The van der Waals surface area contributed by atoms with Gasteiger partial charge in [0.05, 0.1) is 23.3 Å². The second kappa shape index (κ2) is 30.5. The molecule has 0 aromatic heterocycles. The summed E-state index contributed by atoms with van der Waals surface area (Å²) in [4.78, 5) is 40.0. The van der Waals surface area contributed by atoms with Gasteiger partial charge in [-0.2, -0.15) is 0 Å². The average Bonchev–Trinajstić information content (AvgIpc) is 3.36. The van der Waals surface area contributed by atoms with E-state index >= 15 is 0 Å². The van der Waals surface area contributed by atoms with E-state index < -0.39 is 5.97 Å². The summed E-state index contributed by atoms with van der Waals surface area (Å²) in [6.07, 6.45) is 41.6. The standard InChI is InChI=1S/C45H77NO4/c1-3-5-7-9-11-13-15-17-19-21-23-25-27-29-31-33-37-46-43(47)41-36-35-40(39-42(41)44(46)48)45(49)50-38-34-32-30-28-26-24-22-20-18-16-14-12-10-8-6-4-2/h35-36,39H,3-34,37-38H2,1-2H3. The Kier molecular flexibility index (Phi) is 26.8. The number of rotatable bonds is 35. The molecule has 0 atom stereocenters. The van der Waals surface area contributed by atoms with E-state index in [0.29, 0.717) is 29.8 Å². The number of fused-ring (bicyclic) bond motifs is 1. The molecule has 0 unspecified atom stereocenters. The number of hydrogen-bond acceptors (Lipinski definition) is 4. The van der Waals surface area contributed by atoms with E-state index in [1.54, 1.807) is 18.2 Å². The second-order valence-electron chi connectivity index (χ2n) is 15.3. The van der Waals surface area contributed by atoms with Gasteiger partial charge in [0.25, 0.3) is 11.8 Å². The molecular weight excluding hydrogens is 618 g/mol. The lowest BCUT2D eigenvalue weighted by molar-refractivity contribution is 0.0497. The van der Waals surface area contributed by atoms with Crippen molar-refractivity contribution in [2.75, 3.05) is 13.2 Å². The van der Waals surface area contributed by atoms with Gasteiger partial charge in [0.1, 0.15) is 0 Å². The van der Waals surface area contributed by atoms with Crippen LogP contribution in [0.5, 0.6) is 0 Å². The number of esters is 1. The summed E-state index contributed by atoms with van der Waals surface area (Å²) in [5, 5.41) is 0. The molecule has 1 heterocycles. The number of carbonyl (C=O) groups is 3. The molecule has 5 nitrogen and oxygen atoms in total. The van der Waals surface area contributed by atoms with Crippen LogP contribution in [-0.2, 0) is 4.74 Å². The molecule has 0 saturated carbocycles. The lowest BCUT2D eigenvalue weighted by atomic mass is 10.0. The predicted octanol–water partition coefficient (Wildman–Crippen LogP) is 14.0. The first-order valence-corrected chi connectivity index (χ1v) is 21.8. The third-order valence-electron chi connectivity index (χ3n) is 10.7. The van der Waals surface area contributed by atoms with Gasteiger partial charge in [0.15, 0.2) is 0 Å². The molecule has 5 heteroatoms. The molecule has 1 aliphatic rings. The number of amides is 2. The lowest BCUT2D eigenvalue weighted by Gasteiger charge is -2.13. The van der Waals surface area contributed by atoms with Crippen molar-refractivity contribution in [1.82, 2.24) is 4.90 Å². The van der Waals surface area contributed by atoms with Crippen LogP contribution in [0.1, 0.15) is 250 Å².